The first kappa shape index (κ1) is 23.5. The van der Waals surface area contributed by atoms with Crippen molar-refractivity contribution in [1.29, 1.82) is 0 Å². The van der Waals surface area contributed by atoms with Gasteiger partial charge in [0.05, 0.1) is 22.7 Å². The summed E-state index contributed by atoms with van der Waals surface area (Å²) >= 11 is 1.46. The van der Waals surface area contributed by atoms with Gasteiger partial charge in [-0.25, -0.2) is 9.48 Å². The number of fused-ring (bicyclic) bond motifs is 1. The molecule has 0 saturated carbocycles. The first-order valence-electron chi connectivity index (χ1n) is 10.8. The molecule has 0 amide bonds. The van der Waals surface area contributed by atoms with E-state index in [-0.39, 0.29) is 17.9 Å². The molecule has 3 aromatic rings. The van der Waals surface area contributed by atoms with Crippen molar-refractivity contribution in [2.45, 2.75) is 44.6 Å². The number of anilines is 1. The molecule has 0 saturated heterocycles. The van der Waals surface area contributed by atoms with Gasteiger partial charge in [-0.05, 0) is 44.9 Å². The van der Waals surface area contributed by atoms with Crippen LogP contribution in [-0.4, -0.2) is 32.3 Å². The quantitative estimate of drug-likeness (QED) is 0.219. The summed E-state index contributed by atoms with van der Waals surface area (Å²) in [6.07, 6.45) is 0. The van der Waals surface area contributed by atoms with Crippen LogP contribution in [0.15, 0.2) is 58.9 Å². The van der Waals surface area contributed by atoms with Crippen LogP contribution in [0.5, 0.6) is 0 Å². The monoisotopic (exact) mass is 479 g/mol. The van der Waals surface area contributed by atoms with Crippen LogP contribution in [-0.2, 0) is 15.3 Å². The lowest BCUT2D eigenvalue weighted by atomic mass is 9.94. The van der Waals surface area contributed by atoms with Crippen molar-refractivity contribution in [2.75, 3.05) is 11.9 Å². The number of aryl methyl sites for hydroxylation is 2. The largest absolute Gasteiger partial charge is 0.463 e. The van der Waals surface area contributed by atoms with Crippen molar-refractivity contribution in [3.8, 4) is 0 Å². The van der Waals surface area contributed by atoms with Crippen LogP contribution in [0.25, 0.3) is 0 Å². The third-order valence-corrected chi connectivity index (χ3v) is 6.50. The maximum absolute atomic E-state index is 12.9. The van der Waals surface area contributed by atoms with E-state index in [1.54, 1.807) is 32.0 Å². The number of para-hydroxylation sites is 1. The minimum Gasteiger partial charge on any atom is -0.463 e. The second-order valence-corrected chi connectivity index (χ2v) is 8.93. The first-order chi connectivity index (χ1) is 16.3. The van der Waals surface area contributed by atoms with E-state index in [4.69, 9.17) is 4.74 Å². The normalized spacial score (nSPS) is 15.0. The molecular weight excluding hydrogens is 454 g/mol. The number of allylic oxidation sites excluding steroid dienone is 1. The number of hydrogen-bond donors (Lipinski definition) is 1. The van der Waals surface area contributed by atoms with Crippen LogP contribution in [0, 0.1) is 24.0 Å². The number of esters is 1. The molecule has 0 fully saturated rings. The highest BCUT2D eigenvalue weighted by atomic mass is 32.2. The molecule has 34 heavy (non-hydrogen) atoms. The number of nitro groups is 1. The smallest absolute Gasteiger partial charge is 0.338 e. The molecule has 0 bridgehead atoms. The zero-order valence-corrected chi connectivity index (χ0v) is 20.2. The molecule has 2 heterocycles. The van der Waals surface area contributed by atoms with Crippen molar-refractivity contribution >= 4 is 29.4 Å². The van der Waals surface area contributed by atoms with Gasteiger partial charge in [-0.1, -0.05) is 47.7 Å². The first-order valence-corrected chi connectivity index (χ1v) is 11.8. The summed E-state index contributed by atoms with van der Waals surface area (Å²) in [6, 6.07) is 11.8. The second kappa shape index (κ2) is 9.68. The van der Waals surface area contributed by atoms with Gasteiger partial charge in [0.2, 0.25) is 11.1 Å². The molecule has 0 spiro atoms. The van der Waals surface area contributed by atoms with Crippen LogP contribution in [0.3, 0.4) is 0 Å². The van der Waals surface area contributed by atoms with Gasteiger partial charge in [-0.3, -0.25) is 10.1 Å². The molecule has 2 aromatic carbocycles. The van der Waals surface area contributed by atoms with Gasteiger partial charge < -0.3 is 10.1 Å². The number of thioether (sulfide) groups is 1. The molecule has 0 unspecified atom stereocenters. The predicted molar refractivity (Wildman–Crippen MR) is 130 cm³/mol. The predicted octanol–water partition coefficient (Wildman–Crippen LogP) is 4.95. The number of carbonyl (C=O) groups excluding carboxylic acids is 1. The highest BCUT2D eigenvalue weighted by Gasteiger charge is 2.38. The van der Waals surface area contributed by atoms with E-state index in [0.29, 0.717) is 28.1 Å². The topological polar surface area (TPSA) is 112 Å². The summed E-state index contributed by atoms with van der Waals surface area (Å²) in [5, 5.41) is 20.1. The maximum atomic E-state index is 12.9. The summed E-state index contributed by atoms with van der Waals surface area (Å²) in [7, 11) is 0. The Morgan fingerprint density at radius 1 is 1.24 bits per heavy atom. The number of nitro benzene ring substituents is 1. The fraction of sp³-hybridized carbons (Fsp3) is 0.292. The van der Waals surface area contributed by atoms with Gasteiger partial charge in [0.15, 0.2) is 0 Å². The highest BCUT2D eigenvalue weighted by molar-refractivity contribution is 7.98. The Balaban J connectivity index is 1.75. The van der Waals surface area contributed by atoms with E-state index in [1.807, 2.05) is 0 Å². The van der Waals surface area contributed by atoms with Crippen LogP contribution in [0.2, 0.25) is 0 Å². The highest BCUT2D eigenvalue weighted by Crippen LogP contribution is 2.40. The molecule has 10 heteroatoms. The summed E-state index contributed by atoms with van der Waals surface area (Å²) in [6.45, 7) is 7.75. The van der Waals surface area contributed by atoms with Crippen molar-refractivity contribution < 1.29 is 14.5 Å². The lowest BCUT2D eigenvalue weighted by Gasteiger charge is -2.27. The fourth-order valence-corrected chi connectivity index (χ4v) is 4.89. The lowest BCUT2D eigenvalue weighted by molar-refractivity contribution is -0.385. The van der Waals surface area contributed by atoms with Crippen LogP contribution < -0.4 is 5.32 Å². The molecule has 1 aliphatic heterocycles. The number of ether oxygens (including phenoxy) is 1. The van der Waals surface area contributed by atoms with Gasteiger partial charge in [0, 0.05) is 17.5 Å². The Morgan fingerprint density at radius 2 is 2.00 bits per heavy atom. The van der Waals surface area contributed by atoms with E-state index >= 15 is 0 Å². The Kier molecular flexibility index (Phi) is 6.69. The van der Waals surface area contributed by atoms with Crippen LogP contribution >= 0.6 is 11.8 Å². The summed E-state index contributed by atoms with van der Waals surface area (Å²) in [4.78, 5) is 28.8. The Morgan fingerprint density at radius 3 is 2.71 bits per heavy atom. The van der Waals surface area contributed by atoms with E-state index in [2.05, 4.69) is 47.4 Å². The van der Waals surface area contributed by atoms with Gasteiger partial charge in [0.25, 0.3) is 5.69 Å². The third kappa shape index (κ3) is 4.54. The average molecular weight is 480 g/mol. The van der Waals surface area contributed by atoms with Crippen LogP contribution in [0.4, 0.5) is 11.6 Å². The molecular formula is C24H25N5O4S. The zero-order chi connectivity index (χ0) is 24.4. The van der Waals surface area contributed by atoms with Crippen molar-refractivity contribution in [2.24, 2.45) is 0 Å². The molecule has 1 aromatic heterocycles. The summed E-state index contributed by atoms with van der Waals surface area (Å²) in [5.74, 6) is 0.529. The number of aromatic nitrogens is 3. The number of benzene rings is 2. The molecule has 1 aliphatic rings. The Labute approximate surface area is 201 Å². The molecule has 176 valence electrons. The fourth-order valence-electron chi connectivity index (χ4n) is 3.99. The van der Waals surface area contributed by atoms with Crippen molar-refractivity contribution in [3.63, 3.8) is 0 Å². The van der Waals surface area contributed by atoms with E-state index < -0.39 is 16.9 Å². The third-order valence-electron chi connectivity index (χ3n) is 5.61. The molecule has 0 radical (unpaired) electrons. The van der Waals surface area contributed by atoms with E-state index in [0.717, 1.165) is 0 Å². The molecule has 4 rings (SSSR count). The number of nitrogens with one attached hydrogen (secondary N) is 1. The maximum Gasteiger partial charge on any atom is 0.338 e. The molecule has 1 N–H and O–H groups in total. The van der Waals surface area contributed by atoms with E-state index in [1.165, 1.54) is 39.2 Å². The number of rotatable bonds is 7. The molecule has 1 atom stereocenters. The minimum absolute atomic E-state index is 0.102. The number of nitrogens with zero attached hydrogens (tertiary/aromatic N) is 4. The van der Waals surface area contributed by atoms with Gasteiger partial charge in [-0.2, -0.15) is 4.98 Å². The van der Waals surface area contributed by atoms with Gasteiger partial charge in [0.1, 0.15) is 6.04 Å². The van der Waals surface area contributed by atoms with Crippen molar-refractivity contribution in [1.82, 2.24) is 14.8 Å². The molecule has 0 aliphatic carbocycles. The molecule has 9 nitrogen and oxygen atoms in total. The zero-order valence-electron chi connectivity index (χ0n) is 19.4. The Hall–Kier alpha value is -3.66. The minimum atomic E-state index is -0.847. The SMILES string of the molecule is CCOC(=O)C1=C(C)Nc2nc(SCc3ccc(C)cc3C)nn2[C@@H]1c1ccccc1[N+](=O)[O-]. The van der Waals surface area contributed by atoms with Gasteiger partial charge >= 0.3 is 5.97 Å². The number of carbonyl (C=O) groups is 1. The summed E-state index contributed by atoms with van der Waals surface area (Å²) in [5.41, 5.74) is 4.59. The second-order valence-electron chi connectivity index (χ2n) is 7.98. The van der Waals surface area contributed by atoms with Gasteiger partial charge in [-0.15, -0.1) is 5.10 Å². The van der Waals surface area contributed by atoms with Crippen LogP contribution in [0.1, 0.15) is 42.1 Å². The average Bonchev–Trinajstić information content (AvgIpc) is 3.20. The standard InChI is InChI=1S/C24H25N5O4S/c1-5-33-22(30)20-16(4)25-23-26-24(34-13-17-11-10-14(2)12-15(17)3)27-28(23)21(20)18-8-6-7-9-19(18)29(31)32/h6-12,21H,5,13H2,1-4H3,(H,25,26,27)/t21-/m1/s1. The lowest BCUT2D eigenvalue weighted by Crippen LogP contribution is -2.30. The van der Waals surface area contributed by atoms with E-state index in [9.17, 15) is 14.9 Å². The number of hydrogen-bond acceptors (Lipinski definition) is 8. The van der Waals surface area contributed by atoms with Crippen molar-refractivity contribution in [3.05, 3.63) is 86.1 Å². The summed E-state index contributed by atoms with van der Waals surface area (Å²) < 4.78 is 6.81. The Bertz CT molecular complexity index is 1300.